The Bertz CT molecular complexity index is 311. The molecular weight excluding hydrogens is 278 g/mol. The lowest BCUT2D eigenvalue weighted by molar-refractivity contribution is -0.132. The van der Waals surface area contributed by atoms with Crippen molar-refractivity contribution in [2.24, 2.45) is 0 Å². The molecule has 1 aliphatic rings. The zero-order valence-corrected chi connectivity index (χ0v) is 13.6. The van der Waals surface area contributed by atoms with Gasteiger partial charge in [0.05, 0.1) is 0 Å². The van der Waals surface area contributed by atoms with Crippen molar-refractivity contribution in [1.29, 1.82) is 0 Å². The summed E-state index contributed by atoms with van der Waals surface area (Å²) in [5.74, 6) is 0.228. The molecular formula is C14H28ClN3O2. The summed E-state index contributed by atoms with van der Waals surface area (Å²) in [6, 6.07) is 0.504. The van der Waals surface area contributed by atoms with Crippen molar-refractivity contribution in [3.63, 3.8) is 0 Å². The zero-order chi connectivity index (χ0) is 14.3. The Morgan fingerprint density at radius 3 is 2.60 bits per heavy atom. The molecule has 0 bridgehead atoms. The number of rotatable bonds is 7. The Kier molecular flexibility index (Phi) is 9.59. The molecule has 6 heteroatoms. The van der Waals surface area contributed by atoms with Gasteiger partial charge in [0.25, 0.3) is 0 Å². The normalized spacial score (nSPS) is 18.0. The van der Waals surface area contributed by atoms with E-state index in [-0.39, 0.29) is 30.3 Å². The summed E-state index contributed by atoms with van der Waals surface area (Å²) in [6.45, 7) is 5.61. The molecule has 0 aromatic heterocycles. The highest BCUT2D eigenvalue weighted by molar-refractivity contribution is 5.85. The molecule has 1 saturated heterocycles. The van der Waals surface area contributed by atoms with Crippen molar-refractivity contribution in [1.82, 2.24) is 15.5 Å². The van der Waals surface area contributed by atoms with Gasteiger partial charge >= 0.3 is 0 Å². The van der Waals surface area contributed by atoms with Gasteiger partial charge in [-0.3, -0.25) is 9.59 Å². The van der Waals surface area contributed by atoms with Crippen molar-refractivity contribution >= 4 is 24.2 Å². The third-order valence-electron chi connectivity index (χ3n) is 3.38. The summed E-state index contributed by atoms with van der Waals surface area (Å²) in [5, 5.41) is 5.97. The Morgan fingerprint density at radius 2 is 2.00 bits per heavy atom. The van der Waals surface area contributed by atoms with Gasteiger partial charge in [-0.15, -0.1) is 12.4 Å². The van der Waals surface area contributed by atoms with Crippen LogP contribution >= 0.6 is 12.4 Å². The molecule has 1 aliphatic heterocycles. The Morgan fingerprint density at radius 1 is 1.30 bits per heavy atom. The van der Waals surface area contributed by atoms with E-state index in [1.807, 2.05) is 25.8 Å². The summed E-state index contributed by atoms with van der Waals surface area (Å²) in [4.78, 5) is 25.5. The molecule has 20 heavy (non-hydrogen) atoms. The number of nitrogens with one attached hydrogen (secondary N) is 2. The van der Waals surface area contributed by atoms with E-state index in [9.17, 15) is 9.59 Å². The number of halogens is 1. The van der Waals surface area contributed by atoms with Gasteiger partial charge < -0.3 is 15.5 Å². The largest absolute Gasteiger partial charge is 0.354 e. The van der Waals surface area contributed by atoms with Crippen LogP contribution in [0.25, 0.3) is 0 Å². The van der Waals surface area contributed by atoms with Crippen LogP contribution < -0.4 is 10.6 Å². The molecule has 5 nitrogen and oxygen atoms in total. The average molecular weight is 306 g/mol. The number of carbonyl (C=O) groups excluding carboxylic acids is 2. The van der Waals surface area contributed by atoms with Gasteiger partial charge in [0.1, 0.15) is 0 Å². The first-order valence-electron chi connectivity index (χ1n) is 7.28. The summed E-state index contributed by atoms with van der Waals surface area (Å²) in [5.41, 5.74) is 0. The van der Waals surface area contributed by atoms with E-state index in [2.05, 4.69) is 10.6 Å². The average Bonchev–Trinajstić information content (AvgIpc) is 2.76. The van der Waals surface area contributed by atoms with Crippen molar-refractivity contribution in [3.05, 3.63) is 0 Å². The number of likely N-dealkylation sites (tertiary alicyclic amines) is 1. The van der Waals surface area contributed by atoms with E-state index in [1.165, 1.54) is 0 Å². The first-order chi connectivity index (χ1) is 9.04. The fraction of sp³-hybridized carbons (Fsp3) is 0.857. The van der Waals surface area contributed by atoms with E-state index in [4.69, 9.17) is 0 Å². The third-order valence-corrected chi connectivity index (χ3v) is 3.38. The minimum absolute atomic E-state index is 0. The highest BCUT2D eigenvalue weighted by Gasteiger charge is 2.27. The van der Waals surface area contributed by atoms with Gasteiger partial charge in [-0.05, 0) is 40.2 Å². The van der Waals surface area contributed by atoms with Gasteiger partial charge in [0, 0.05) is 38.0 Å². The van der Waals surface area contributed by atoms with E-state index in [0.29, 0.717) is 25.3 Å². The molecule has 0 saturated carbocycles. The fourth-order valence-electron chi connectivity index (χ4n) is 2.55. The first-order valence-corrected chi connectivity index (χ1v) is 7.28. The van der Waals surface area contributed by atoms with Gasteiger partial charge in [-0.2, -0.15) is 0 Å². The lowest BCUT2D eigenvalue weighted by Crippen LogP contribution is -2.40. The molecule has 1 fully saturated rings. The molecule has 1 unspecified atom stereocenters. The molecule has 1 atom stereocenters. The summed E-state index contributed by atoms with van der Waals surface area (Å²) < 4.78 is 0. The third kappa shape index (κ3) is 6.57. The number of likely N-dealkylation sites (N-methyl/N-ethyl adjacent to an activating group) is 1. The van der Waals surface area contributed by atoms with Crippen molar-refractivity contribution < 1.29 is 9.59 Å². The highest BCUT2D eigenvalue weighted by Crippen LogP contribution is 2.18. The van der Waals surface area contributed by atoms with Crippen molar-refractivity contribution in [3.8, 4) is 0 Å². The summed E-state index contributed by atoms with van der Waals surface area (Å²) in [7, 11) is 1.91. The second kappa shape index (κ2) is 10.00. The smallest absolute Gasteiger partial charge is 0.222 e. The molecule has 0 aliphatic carbocycles. The standard InChI is InChI=1S/C14H27N3O2.ClH/c1-11(2)16-13(18)7-4-8-14(19)17-9-5-6-12(17)10-15-3;/h11-12,15H,4-10H2,1-3H3,(H,16,18);1H. The first kappa shape index (κ1) is 19.2. The number of carbonyl (C=O) groups is 2. The van der Waals surface area contributed by atoms with E-state index < -0.39 is 0 Å². The fourth-order valence-corrected chi connectivity index (χ4v) is 2.55. The second-order valence-corrected chi connectivity index (χ2v) is 5.52. The van der Waals surface area contributed by atoms with Gasteiger partial charge in [-0.25, -0.2) is 0 Å². The monoisotopic (exact) mass is 305 g/mol. The van der Waals surface area contributed by atoms with Crippen LogP contribution in [0.2, 0.25) is 0 Å². The lowest BCUT2D eigenvalue weighted by atomic mass is 10.2. The van der Waals surface area contributed by atoms with E-state index >= 15 is 0 Å². The van der Waals surface area contributed by atoms with E-state index in [0.717, 1.165) is 25.9 Å². The molecule has 0 aromatic carbocycles. The van der Waals surface area contributed by atoms with Crippen LogP contribution in [0.15, 0.2) is 0 Å². The predicted octanol–water partition coefficient (Wildman–Crippen LogP) is 1.31. The molecule has 2 N–H and O–H groups in total. The SMILES string of the molecule is CNCC1CCCN1C(=O)CCCC(=O)NC(C)C.Cl. The molecule has 1 heterocycles. The Labute approximate surface area is 128 Å². The molecule has 0 spiro atoms. The predicted molar refractivity (Wildman–Crippen MR) is 83.0 cm³/mol. The van der Waals surface area contributed by atoms with Gasteiger partial charge in [-0.1, -0.05) is 0 Å². The number of nitrogens with zero attached hydrogens (tertiary/aromatic N) is 1. The topological polar surface area (TPSA) is 61.4 Å². The maximum absolute atomic E-state index is 12.1. The lowest BCUT2D eigenvalue weighted by Gasteiger charge is -2.24. The quantitative estimate of drug-likeness (QED) is 0.745. The highest BCUT2D eigenvalue weighted by atomic mass is 35.5. The number of hydrogen-bond donors (Lipinski definition) is 2. The van der Waals surface area contributed by atoms with Crippen LogP contribution in [-0.2, 0) is 9.59 Å². The molecule has 1 rings (SSSR count). The van der Waals surface area contributed by atoms with Crippen LogP contribution in [0, 0.1) is 0 Å². The van der Waals surface area contributed by atoms with Crippen LogP contribution in [-0.4, -0.2) is 48.9 Å². The Hall–Kier alpha value is -0.810. The minimum Gasteiger partial charge on any atom is -0.354 e. The molecule has 0 radical (unpaired) electrons. The summed E-state index contributed by atoms with van der Waals surface area (Å²) >= 11 is 0. The van der Waals surface area contributed by atoms with Crippen LogP contribution in [0.4, 0.5) is 0 Å². The molecule has 2 amide bonds. The molecule has 118 valence electrons. The van der Waals surface area contributed by atoms with Gasteiger partial charge in [0.2, 0.25) is 11.8 Å². The van der Waals surface area contributed by atoms with E-state index in [1.54, 1.807) is 0 Å². The number of hydrogen-bond acceptors (Lipinski definition) is 3. The van der Waals surface area contributed by atoms with Gasteiger partial charge in [0.15, 0.2) is 0 Å². The Balaban J connectivity index is 0.00000361. The number of amides is 2. The second-order valence-electron chi connectivity index (χ2n) is 5.52. The molecule has 0 aromatic rings. The summed E-state index contributed by atoms with van der Waals surface area (Å²) in [6.07, 6.45) is 3.73. The van der Waals surface area contributed by atoms with Crippen molar-refractivity contribution in [2.45, 2.75) is 58.0 Å². The minimum atomic E-state index is 0. The maximum atomic E-state index is 12.1. The van der Waals surface area contributed by atoms with Crippen LogP contribution in [0.1, 0.15) is 46.0 Å². The maximum Gasteiger partial charge on any atom is 0.222 e. The van der Waals surface area contributed by atoms with Crippen LogP contribution in [0.3, 0.4) is 0 Å². The van der Waals surface area contributed by atoms with Crippen molar-refractivity contribution in [2.75, 3.05) is 20.1 Å². The van der Waals surface area contributed by atoms with Crippen LogP contribution in [0.5, 0.6) is 0 Å². The zero-order valence-electron chi connectivity index (χ0n) is 12.8.